The van der Waals surface area contributed by atoms with Crippen LogP contribution >= 0.6 is 39.0 Å². The Morgan fingerprint density at radius 2 is 2.00 bits per heavy atom. The minimum absolute atomic E-state index is 0.156. The number of halogens is 1. The van der Waals surface area contributed by atoms with Crippen molar-refractivity contribution in [3.63, 3.8) is 0 Å². The van der Waals surface area contributed by atoms with Crippen molar-refractivity contribution in [2.45, 2.75) is 6.92 Å². The summed E-state index contributed by atoms with van der Waals surface area (Å²) in [6.07, 6.45) is 0. The summed E-state index contributed by atoms with van der Waals surface area (Å²) in [5, 5.41) is 20.3. The highest BCUT2D eigenvalue weighted by molar-refractivity contribution is 9.10. The molecule has 9 heteroatoms. The number of ketones is 1. The van der Waals surface area contributed by atoms with Gasteiger partial charge in [-0.3, -0.25) is 4.79 Å². The second-order valence-electron chi connectivity index (χ2n) is 6.83. The molecule has 4 aromatic rings. The molecule has 0 aliphatic carbocycles. The Hall–Kier alpha value is -3.19. The Morgan fingerprint density at radius 3 is 2.75 bits per heavy atom. The number of rotatable bonds is 4. The quantitative estimate of drug-likeness (QED) is 0.279. The second kappa shape index (κ2) is 8.39. The molecule has 3 heterocycles. The number of benzene rings is 2. The first kappa shape index (κ1) is 20.7. The zero-order valence-electron chi connectivity index (χ0n) is 16.6. The van der Waals surface area contributed by atoms with Crippen molar-refractivity contribution in [3.05, 3.63) is 74.5 Å². The number of furan rings is 1. The molecule has 1 aliphatic heterocycles. The summed E-state index contributed by atoms with van der Waals surface area (Å²) in [5.74, 6) is 0.471. The van der Waals surface area contributed by atoms with Gasteiger partial charge in [0.25, 0.3) is 0 Å². The molecule has 32 heavy (non-hydrogen) atoms. The third kappa shape index (κ3) is 3.77. The van der Waals surface area contributed by atoms with E-state index < -0.39 is 0 Å². The molecule has 0 saturated heterocycles. The van der Waals surface area contributed by atoms with E-state index in [1.165, 1.54) is 30.0 Å². The van der Waals surface area contributed by atoms with Crippen LogP contribution in [0.25, 0.3) is 28.0 Å². The molecular weight excluding hydrogens is 508 g/mol. The topological polar surface area (TPSA) is 82.5 Å². The summed E-state index contributed by atoms with van der Waals surface area (Å²) in [5.41, 5.74) is 2.53. The molecule has 0 unspecified atom stereocenters. The minimum Gasteiger partial charge on any atom is -0.454 e. The highest BCUT2D eigenvalue weighted by Crippen LogP contribution is 2.41. The van der Waals surface area contributed by atoms with E-state index in [0.29, 0.717) is 32.1 Å². The smallest absolute Gasteiger partial charge is 0.186 e. The van der Waals surface area contributed by atoms with Gasteiger partial charge in [-0.15, -0.1) is 11.3 Å². The molecule has 0 amide bonds. The van der Waals surface area contributed by atoms with Gasteiger partial charge in [-0.2, -0.15) is 10.4 Å². The first-order chi connectivity index (χ1) is 15.5. The number of carbonyl (C=O) groups excluding carboxylic acids is 1. The second-order valence-corrected chi connectivity index (χ2v) is 9.58. The first-order valence-corrected chi connectivity index (χ1v) is 11.9. The Bertz CT molecular complexity index is 1460. The van der Waals surface area contributed by atoms with Gasteiger partial charge in [0.2, 0.25) is 0 Å². The number of nitriles is 1. The highest BCUT2D eigenvalue weighted by Gasteiger charge is 2.30. The Balaban J connectivity index is 1.57. The molecule has 0 atom stereocenters. The third-order valence-corrected chi connectivity index (χ3v) is 7.14. The van der Waals surface area contributed by atoms with E-state index >= 15 is 0 Å². The number of thiazole rings is 1. The van der Waals surface area contributed by atoms with Crippen molar-refractivity contribution in [2.24, 2.45) is 5.10 Å². The van der Waals surface area contributed by atoms with E-state index in [0.717, 1.165) is 21.1 Å². The van der Waals surface area contributed by atoms with Crippen LogP contribution < -0.4 is 5.01 Å². The van der Waals surface area contributed by atoms with Gasteiger partial charge < -0.3 is 4.42 Å². The molecule has 0 radical (unpaired) electrons. The molecule has 0 bridgehead atoms. The average molecular weight is 521 g/mol. The molecule has 0 N–H and O–H groups in total. The number of thioether (sulfide) groups is 1. The van der Waals surface area contributed by atoms with Crippen LogP contribution in [-0.4, -0.2) is 15.8 Å². The van der Waals surface area contributed by atoms with Crippen LogP contribution in [0.3, 0.4) is 0 Å². The van der Waals surface area contributed by atoms with E-state index in [-0.39, 0.29) is 5.78 Å². The summed E-state index contributed by atoms with van der Waals surface area (Å²) in [7, 11) is 0. The van der Waals surface area contributed by atoms with E-state index in [9.17, 15) is 10.1 Å². The van der Waals surface area contributed by atoms with Crippen LogP contribution in [-0.2, 0) is 4.79 Å². The molecule has 0 saturated carbocycles. The lowest BCUT2D eigenvalue weighted by Crippen LogP contribution is -2.11. The number of allylic oxidation sites excluding steroid dienone is 1. The van der Waals surface area contributed by atoms with Crippen LogP contribution in [0, 0.1) is 11.3 Å². The summed E-state index contributed by atoms with van der Waals surface area (Å²) in [4.78, 5) is 16.7. The molecule has 2 aromatic heterocycles. The number of fused-ring (bicyclic) bond motifs is 1. The number of aromatic nitrogens is 1. The standard InChI is InChI=1S/C23H13BrN4O2S2/c1-13(29)21-27-28(16-5-3-2-4-6-16)23(32-21)17(11-25)22-26-18(12-31-22)20-10-14-9-15(24)7-8-19(14)30-20/h2-10,12H,1H3/b23-17+. The fraction of sp³-hybridized carbons (Fsp3) is 0.0435. The number of hydrogen-bond acceptors (Lipinski definition) is 8. The number of hydrazone groups is 1. The van der Waals surface area contributed by atoms with Crippen LogP contribution in [0.5, 0.6) is 0 Å². The monoisotopic (exact) mass is 520 g/mol. The summed E-state index contributed by atoms with van der Waals surface area (Å²) < 4.78 is 6.91. The van der Waals surface area contributed by atoms with Gasteiger partial charge in [-0.05, 0) is 48.2 Å². The molecule has 156 valence electrons. The summed E-state index contributed by atoms with van der Waals surface area (Å²) in [6.45, 7) is 1.46. The summed E-state index contributed by atoms with van der Waals surface area (Å²) in [6, 6.07) is 19.4. The lowest BCUT2D eigenvalue weighted by Gasteiger charge is -2.16. The number of carbonyl (C=O) groups is 1. The average Bonchev–Trinajstić information content (AvgIpc) is 3.53. The maximum absolute atomic E-state index is 12.0. The number of nitrogens with zero attached hydrogens (tertiary/aromatic N) is 4. The van der Waals surface area contributed by atoms with Crippen LogP contribution in [0.4, 0.5) is 5.69 Å². The molecule has 0 fully saturated rings. The van der Waals surface area contributed by atoms with E-state index in [4.69, 9.17) is 4.42 Å². The maximum atomic E-state index is 12.0. The molecule has 6 nitrogen and oxygen atoms in total. The molecule has 2 aromatic carbocycles. The third-order valence-electron chi connectivity index (χ3n) is 4.65. The largest absolute Gasteiger partial charge is 0.454 e. The molecule has 1 aliphatic rings. The van der Waals surface area contributed by atoms with Gasteiger partial charge in [-0.1, -0.05) is 34.1 Å². The minimum atomic E-state index is -0.156. The first-order valence-electron chi connectivity index (χ1n) is 9.46. The van der Waals surface area contributed by atoms with Gasteiger partial charge in [-0.25, -0.2) is 9.99 Å². The van der Waals surface area contributed by atoms with Gasteiger partial charge in [0.1, 0.15) is 33.0 Å². The fourth-order valence-corrected chi connectivity index (χ4v) is 5.34. The maximum Gasteiger partial charge on any atom is 0.186 e. The number of para-hydroxylation sites is 1. The van der Waals surface area contributed by atoms with Crippen molar-refractivity contribution in [1.82, 2.24) is 4.98 Å². The Labute approximate surface area is 200 Å². The van der Waals surface area contributed by atoms with Crippen molar-refractivity contribution in [2.75, 3.05) is 5.01 Å². The zero-order valence-corrected chi connectivity index (χ0v) is 19.8. The van der Waals surface area contributed by atoms with Gasteiger partial charge in [0.15, 0.2) is 16.6 Å². The van der Waals surface area contributed by atoms with Crippen molar-refractivity contribution in [3.8, 4) is 17.5 Å². The van der Waals surface area contributed by atoms with Gasteiger partial charge in [0.05, 0.1) is 5.69 Å². The Morgan fingerprint density at radius 1 is 1.19 bits per heavy atom. The summed E-state index contributed by atoms with van der Waals surface area (Å²) >= 11 is 6.00. The van der Waals surface area contributed by atoms with Gasteiger partial charge >= 0.3 is 0 Å². The molecular formula is C23H13BrN4O2S2. The number of hydrogen-bond donors (Lipinski definition) is 0. The predicted molar refractivity (Wildman–Crippen MR) is 132 cm³/mol. The van der Waals surface area contributed by atoms with Gasteiger partial charge in [0, 0.05) is 22.2 Å². The van der Waals surface area contributed by atoms with Crippen LogP contribution in [0.15, 0.2) is 79.0 Å². The highest BCUT2D eigenvalue weighted by atomic mass is 79.9. The van der Waals surface area contributed by atoms with Crippen molar-refractivity contribution in [1.29, 1.82) is 5.26 Å². The van der Waals surface area contributed by atoms with E-state index in [1.807, 2.05) is 60.0 Å². The molecule has 5 rings (SSSR count). The molecule has 0 spiro atoms. The zero-order chi connectivity index (χ0) is 22.2. The lowest BCUT2D eigenvalue weighted by molar-refractivity contribution is -0.110. The normalized spacial score (nSPS) is 15.0. The fourth-order valence-electron chi connectivity index (χ4n) is 3.16. The van der Waals surface area contributed by atoms with E-state index in [2.05, 4.69) is 32.1 Å². The van der Waals surface area contributed by atoms with Crippen molar-refractivity contribution < 1.29 is 9.21 Å². The SMILES string of the molecule is CC(=O)C1=NN(c2ccccc2)/C(=C(/C#N)c2nc(-c3cc4cc(Br)ccc4o3)cs2)S1. The van der Waals surface area contributed by atoms with E-state index in [1.54, 1.807) is 5.01 Å². The predicted octanol–water partition coefficient (Wildman–Crippen LogP) is 6.67. The number of anilines is 1. The van der Waals surface area contributed by atoms with Crippen LogP contribution in [0.2, 0.25) is 0 Å². The Kier molecular flexibility index (Phi) is 5.43. The number of Topliss-reactive ketones (excluding diaryl/α,β-unsaturated/α-hetero) is 1. The van der Waals surface area contributed by atoms with Crippen molar-refractivity contribution >= 4 is 72.1 Å². The van der Waals surface area contributed by atoms with Crippen LogP contribution in [0.1, 0.15) is 11.9 Å². The lowest BCUT2D eigenvalue weighted by atomic mass is 10.2.